The number of hydrogen-bond acceptors (Lipinski definition) is 1. The van der Waals surface area contributed by atoms with Crippen LogP contribution in [0.5, 0.6) is 0 Å². The summed E-state index contributed by atoms with van der Waals surface area (Å²) in [5.41, 5.74) is -0.0610. The molecule has 2 aliphatic rings. The van der Waals surface area contributed by atoms with Crippen molar-refractivity contribution in [1.82, 2.24) is 5.32 Å². The molecule has 0 saturated heterocycles. The van der Waals surface area contributed by atoms with Crippen molar-refractivity contribution in [3.63, 3.8) is 0 Å². The molecule has 92 valence electrons. The number of alkyl halides is 4. The maximum Gasteiger partial charge on any atom is 0.416 e. The Morgan fingerprint density at radius 1 is 1.29 bits per heavy atom. The Kier molecular flexibility index (Phi) is 2.09. The molecule has 1 nitrogen and oxygen atoms in total. The van der Waals surface area contributed by atoms with Crippen LogP contribution in [0.3, 0.4) is 0 Å². The monoisotopic (exact) mass is 245 g/mol. The molecule has 17 heavy (non-hydrogen) atoms. The molecule has 0 radical (unpaired) electrons. The first-order chi connectivity index (χ1) is 7.93. The Morgan fingerprint density at radius 3 is 2.59 bits per heavy atom. The molecule has 1 aromatic carbocycles. The average Bonchev–Trinajstić information content (AvgIpc) is 2.88. The Bertz CT molecular complexity index is 468. The molecule has 1 heterocycles. The lowest BCUT2D eigenvalue weighted by molar-refractivity contribution is -0.137. The molecule has 1 N–H and O–H groups in total. The van der Waals surface area contributed by atoms with E-state index in [0.717, 1.165) is 17.7 Å². The van der Waals surface area contributed by atoms with Gasteiger partial charge in [0.05, 0.1) is 5.56 Å². The fourth-order valence-corrected chi connectivity index (χ4v) is 2.61. The summed E-state index contributed by atoms with van der Waals surface area (Å²) in [4.78, 5) is 0. The topological polar surface area (TPSA) is 12.0 Å². The fraction of sp³-hybridized carbons (Fsp3) is 0.500. The summed E-state index contributed by atoms with van der Waals surface area (Å²) in [7, 11) is 0. The Balaban J connectivity index is 2.09. The zero-order valence-electron chi connectivity index (χ0n) is 8.94. The van der Waals surface area contributed by atoms with Gasteiger partial charge in [0, 0.05) is 18.5 Å². The molecule has 1 saturated carbocycles. The van der Waals surface area contributed by atoms with Crippen LogP contribution in [0, 0.1) is 0 Å². The molecule has 1 aliphatic carbocycles. The molecular weight excluding hydrogens is 234 g/mol. The molecule has 0 aromatic heterocycles. The van der Waals surface area contributed by atoms with Crippen LogP contribution >= 0.6 is 0 Å². The van der Waals surface area contributed by atoms with E-state index < -0.39 is 23.3 Å². The second kappa shape index (κ2) is 3.22. The highest BCUT2D eigenvalue weighted by Crippen LogP contribution is 2.53. The molecule has 3 rings (SSSR count). The van der Waals surface area contributed by atoms with Crippen molar-refractivity contribution in [3.8, 4) is 0 Å². The van der Waals surface area contributed by atoms with Crippen molar-refractivity contribution in [3.05, 3.63) is 34.9 Å². The maximum absolute atomic E-state index is 13.4. The van der Waals surface area contributed by atoms with Crippen LogP contribution in [-0.4, -0.2) is 12.7 Å². The van der Waals surface area contributed by atoms with Gasteiger partial charge in [0.1, 0.15) is 6.17 Å². The van der Waals surface area contributed by atoms with Gasteiger partial charge in [0.25, 0.3) is 0 Å². The first-order valence-corrected chi connectivity index (χ1v) is 5.49. The zero-order chi connectivity index (χ0) is 12.3. The molecule has 0 bridgehead atoms. The van der Waals surface area contributed by atoms with Crippen molar-refractivity contribution in [2.45, 2.75) is 30.7 Å². The second-order valence-corrected chi connectivity index (χ2v) is 4.80. The molecule has 1 aliphatic heterocycles. The number of fused-ring (bicyclic) bond motifs is 2. The third-order valence-electron chi connectivity index (χ3n) is 3.71. The number of benzene rings is 1. The van der Waals surface area contributed by atoms with Gasteiger partial charge in [-0.05, 0) is 29.7 Å². The Morgan fingerprint density at radius 2 is 2.00 bits per heavy atom. The Labute approximate surface area is 95.8 Å². The van der Waals surface area contributed by atoms with E-state index in [1.165, 1.54) is 6.07 Å². The van der Waals surface area contributed by atoms with Gasteiger partial charge in [-0.3, -0.25) is 0 Å². The minimum Gasteiger partial charge on any atom is -0.312 e. The van der Waals surface area contributed by atoms with Crippen LogP contribution in [0.15, 0.2) is 18.2 Å². The highest BCUT2D eigenvalue weighted by molar-refractivity contribution is 5.46. The first kappa shape index (κ1) is 11.0. The minimum atomic E-state index is -4.36. The molecule has 5 heteroatoms. The lowest BCUT2D eigenvalue weighted by Gasteiger charge is -2.27. The third-order valence-corrected chi connectivity index (χ3v) is 3.71. The highest BCUT2D eigenvalue weighted by atomic mass is 19.4. The van der Waals surface area contributed by atoms with E-state index in [4.69, 9.17) is 0 Å². The highest BCUT2D eigenvalue weighted by Gasteiger charge is 2.58. The van der Waals surface area contributed by atoms with Gasteiger partial charge < -0.3 is 5.32 Å². The summed E-state index contributed by atoms with van der Waals surface area (Å²) in [5.74, 6) is 0. The molecule has 1 fully saturated rings. The summed E-state index contributed by atoms with van der Waals surface area (Å²) < 4.78 is 51.3. The number of hydrogen-bond donors (Lipinski definition) is 1. The second-order valence-electron chi connectivity index (χ2n) is 4.80. The van der Waals surface area contributed by atoms with Crippen molar-refractivity contribution in [1.29, 1.82) is 0 Å². The molecule has 2 unspecified atom stereocenters. The van der Waals surface area contributed by atoms with Crippen LogP contribution in [0.25, 0.3) is 0 Å². The van der Waals surface area contributed by atoms with Crippen molar-refractivity contribution >= 4 is 0 Å². The minimum absolute atomic E-state index is 0.328. The quantitative estimate of drug-likeness (QED) is 0.693. The fourth-order valence-electron chi connectivity index (χ4n) is 2.61. The van der Waals surface area contributed by atoms with Crippen molar-refractivity contribution in [2.24, 2.45) is 0 Å². The third kappa shape index (κ3) is 1.56. The molecular formula is C12H11F4N. The maximum atomic E-state index is 13.4. The summed E-state index contributed by atoms with van der Waals surface area (Å²) in [6.45, 7) is 0.949. The number of halogens is 4. The Hall–Kier alpha value is -1.10. The molecule has 0 amide bonds. The van der Waals surface area contributed by atoms with Crippen LogP contribution in [0.2, 0.25) is 0 Å². The molecule has 1 aromatic rings. The van der Waals surface area contributed by atoms with Crippen LogP contribution in [0.4, 0.5) is 17.6 Å². The van der Waals surface area contributed by atoms with Crippen LogP contribution in [-0.2, 0) is 18.1 Å². The number of nitrogens with one attached hydrogen (secondary N) is 1. The normalized spacial score (nSPS) is 31.4. The van der Waals surface area contributed by atoms with E-state index >= 15 is 0 Å². The van der Waals surface area contributed by atoms with Gasteiger partial charge in [-0.1, -0.05) is 6.07 Å². The van der Waals surface area contributed by atoms with E-state index in [2.05, 4.69) is 5.32 Å². The zero-order valence-corrected chi connectivity index (χ0v) is 8.94. The van der Waals surface area contributed by atoms with Gasteiger partial charge in [-0.2, -0.15) is 13.2 Å². The van der Waals surface area contributed by atoms with Gasteiger partial charge in [-0.25, -0.2) is 4.39 Å². The summed E-state index contributed by atoms with van der Waals surface area (Å²) in [6, 6.07) is 3.64. The van der Waals surface area contributed by atoms with Gasteiger partial charge in [0.15, 0.2) is 0 Å². The van der Waals surface area contributed by atoms with E-state index in [1.807, 2.05) is 0 Å². The van der Waals surface area contributed by atoms with Crippen LogP contribution in [0.1, 0.15) is 23.1 Å². The lowest BCUT2D eigenvalue weighted by atomic mass is 9.86. The average molecular weight is 245 g/mol. The van der Waals surface area contributed by atoms with Crippen LogP contribution < -0.4 is 5.32 Å². The smallest absolute Gasteiger partial charge is 0.312 e. The summed E-state index contributed by atoms with van der Waals surface area (Å²) >= 11 is 0. The largest absolute Gasteiger partial charge is 0.416 e. The molecule has 1 spiro atoms. The number of rotatable bonds is 0. The van der Waals surface area contributed by atoms with Gasteiger partial charge in [0.2, 0.25) is 0 Å². The van der Waals surface area contributed by atoms with Gasteiger partial charge in [-0.15, -0.1) is 0 Å². The predicted octanol–water partition coefficient (Wildman–Crippen LogP) is 2.79. The van der Waals surface area contributed by atoms with Crippen molar-refractivity contribution in [2.75, 3.05) is 6.54 Å². The van der Waals surface area contributed by atoms with Crippen molar-refractivity contribution < 1.29 is 17.6 Å². The van der Waals surface area contributed by atoms with E-state index in [-0.39, 0.29) is 0 Å². The van der Waals surface area contributed by atoms with E-state index in [0.29, 0.717) is 25.1 Å². The summed E-state index contributed by atoms with van der Waals surface area (Å²) in [6.07, 6.45) is -5.05. The lowest BCUT2D eigenvalue weighted by Crippen LogP contribution is -2.35. The van der Waals surface area contributed by atoms with E-state index in [9.17, 15) is 17.6 Å². The standard InChI is InChI=1S/C12H11F4N/c13-10-4-11(10)6-17-5-7-1-2-8(3-9(7)11)12(14,15)16/h1-3,10,17H,4-6H2. The van der Waals surface area contributed by atoms with E-state index in [1.54, 1.807) is 0 Å². The SMILES string of the molecule is FC1CC12CNCc1ccc(C(F)(F)F)cc12. The predicted molar refractivity (Wildman–Crippen MR) is 54.3 cm³/mol. The van der Waals surface area contributed by atoms with Gasteiger partial charge >= 0.3 is 6.18 Å². The molecule has 2 atom stereocenters. The first-order valence-electron chi connectivity index (χ1n) is 5.49. The summed E-state index contributed by atoms with van der Waals surface area (Å²) in [5, 5.41) is 3.06.